The van der Waals surface area contributed by atoms with Gasteiger partial charge in [-0.05, 0) is 18.6 Å². The molecule has 0 radical (unpaired) electrons. The van der Waals surface area contributed by atoms with Gasteiger partial charge in [-0.15, -0.1) is 0 Å². The summed E-state index contributed by atoms with van der Waals surface area (Å²) in [5.41, 5.74) is 0. The van der Waals surface area contributed by atoms with Crippen LogP contribution in [0.4, 0.5) is 0 Å². The van der Waals surface area contributed by atoms with Crippen LogP contribution >= 0.6 is 0 Å². The summed E-state index contributed by atoms with van der Waals surface area (Å²) in [6, 6.07) is 5.04. The maximum atomic E-state index is 12.0. The summed E-state index contributed by atoms with van der Waals surface area (Å²) in [6.45, 7) is 9.66. The number of carbonyl (C=O) groups is 2. The number of hydrogen-bond acceptors (Lipinski definition) is 5. The van der Waals surface area contributed by atoms with Crippen molar-refractivity contribution in [3.8, 4) is 17.2 Å². The number of benzene rings is 1. The van der Waals surface area contributed by atoms with Gasteiger partial charge in [0.25, 0.3) is 0 Å². The van der Waals surface area contributed by atoms with E-state index in [9.17, 15) is 9.59 Å². The minimum atomic E-state index is -0.399. The Bertz CT molecular complexity index is 563. The summed E-state index contributed by atoms with van der Waals surface area (Å²) in [5.74, 6) is -0.576. The minimum absolute atomic E-state index is 0.172. The monoisotopic (exact) mass is 350 g/mol. The standard InChI is InChI=1S/C20H30O5/c1-6-7-8-9-13-23-16-11-10-12-17(24-19(21)14(2)3)18(16)25-20(22)15(4)5/h10-12,14-15H,6-9,13H2,1-5H3. The second-order valence-corrected chi connectivity index (χ2v) is 6.64. The van der Waals surface area contributed by atoms with Crippen LogP contribution < -0.4 is 14.2 Å². The van der Waals surface area contributed by atoms with Crippen molar-refractivity contribution in [1.29, 1.82) is 0 Å². The molecular weight excluding hydrogens is 320 g/mol. The molecule has 5 heteroatoms. The molecule has 0 atom stereocenters. The van der Waals surface area contributed by atoms with Gasteiger partial charge in [-0.25, -0.2) is 0 Å². The third-order valence-electron chi connectivity index (χ3n) is 3.55. The second kappa shape index (κ2) is 10.7. The molecule has 0 heterocycles. The van der Waals surface area contributed by atoms with Crippen LogP contribution in [0, 0.1) is 11.8 Å². The van der Waals surface area contributed by atoms with Gasteiger partial charge in [0.2, 0.25) is 5.75 Å². The number of para-hydroxylation sites is 1. The average Bonchev–Trinajstić information content (AvgIpc) is 2.56. The third-order valence-corrected chi connectivity index (χ3v) is 3.55. The average molecular weight is 350 g/mol. The van der Waals surface area contributed by atoms with Gasteiger partial charge in [-0.1, -0.05) is 59.9 Å². The van der Waals surface area contributed by atoms with E-state index in [4.69, 9.17) is 14.2 Å². The molecule has 0 bridgehead atoms. The van der Waals surface area contributed by atoms with E-state index in [0.717, 1.165) is 25.7 Å². The van der Waals surface area contributed by atoms with Gasteiger partial charge >= 0.3 is 11.9 Å². The summed E-state index contributed by atoms with van der Waals surface area (Å²) >= 11 is 0. The molecule has 0 aliphatic heterocycles. The van der Waals surface area contributed by atoms with Crippen LogP contribution in [0.5, 0.6) is 17.2 Å². The zero-order valence-corrected chi connectivity index (χ0v) is 16.0. The molecule has 0 N–H and O–H groups in total. The predicted octanol–water partition coefficient (Wildman–Crippen LogP) is 4.77. The van der Waals surface area contributed by atoms with E-state index in [1.807, 2.05) is 0 Å². The van der Waals surface area contributed by atoms with Crippen LogP contribution in [0.15, 0.2) is 18.2 Å². The molecule has 0 aliphatic rings. The maximum absolute atomic E-state index is 12.0. The summed E-state index contributed by atoms with van der Waals surface area (Å²) in [7, 11) is 0. The fourth-order valence-corrected chi connectivity index (χ4v) is 1.95. The smallest absolute Gasteiger partial charge is 0.314 e. The first kappa shape index (κ1) is 21.0. The highest BCUT2D eigenvalue weighted by atomic mass is 16.6. The lowest BCUT2D eigenvalue weighted by Gasteiger charge is -2.16. The topological polar surface area (TPSA) is 61.8 Å². The normalized spacial score (nSPS) is 10.8. The quantitative estimate of drug-likeness (QED) is 0.345. The summed E-state index contributed by atoms with van der Waals surface area (Å²) in [5, 5.41) is 0. The number of rotatable bonds is 10. The number of carbonyl (C=O) groups excluding carboxylic acids is 2. The van der Waals surface area contributed by atoms with Gasteiger partial charge in [0.15, 0.2) is 11.5 Å². The van der Waals surface area contributed by atoms with E-state index in [-0.39, 0.29) is 29.3 Å². The SMILES string of the molecule is CCCCCCOc1cccc(OC(=O)C(C)C)c1OC(=O)C(C)C. The molecule has 1 aromatic rings. The van der Waals surface area contributed by atoms with E-state index in [2.05, 4.69) is 6.92 Å². The summed E-state index contributed by atoms with van der Waals surface area (Å²) in [4.78, 5) is 24.0. The molecule has 0 amide bonds. The maximum Gasteiger partial charge on any atom is 0.314 e. The molecule has 0 unspecified atom stereocenters. The number of unbranched alkanes of at least 4 members (excludes halogenated alkanes) is 3. The van der Waals surface area contributed by atoms with Crippen LogP contribution in [0.2, 0.25) is 0 Å². The molecule has 1 rings (SSSR count). The first-order valence-electron chi connectivity index (χ1n) is 9.06. The highest BCUT2D eigenvalue weighted by Crippen LogP contribution is 2.38. The summed E-state index contributed by atoms with van der Waals surface area (Å²) < 4.78 is 16.6. The molecule has 0 fully saturated rings. The lowest BCUT2D eigenvalue weighted by Crippen LogP contribution is -2.19. The lowest BCUT2D eigenvalue weighted by molar-refractivity contribution is -0.140. The molecule has 0 aliphatic carbocycles. The van der Waals surface area contributed by atoms with Gasteiger partial charge in [0.1, 0.15) is 0 Å². The highest BCUT2D eigenvalue weighted by molar-refractivity contribution is 5.79. The van der Waals surface area contributed by atoms with Gasteiger partial charge in [-0.2, -0.15) is 0 Å². The summed E-state index contributed by atoms with van der Waals surface area (Å²) in [6.07, 6.45) is 4.31. The van der Waals surface area contributed by atoms with Gasteiger partial charge in [0.05, 0.1) is 18.4 Å². The Balaban J connectivity index is 2.96. The Labute approximate surface area is 150 Å². The van der Waals surface area contributed by atoms with Crippen molar-refractivity contribution in [2.75, 3.05) is 6.61 Å². The van der Waals surface area contributed by atoms with Crippen molar-refractivity contribution < 1.29 is 23.8 Å². The van der Waals surface area contributed by atoms with Crippen LogP contribution in [0.25, 0.3) is 0 Å². The fourth-order valence-electron chi connectivity index (χ4n) is 1.95. The Kier molecular flexibility index (Phi) is 9.03. The lowest BCUT2D eigenvalue weighted by atomic mass is 10.2. The Morgan fingerprint density at radius 2 is 1.48 bits per heavy atom. The second-order valence-electron chi connectivity index (χ2n) is 6.64. The Morgan fingerprint density at radius 1 is 0.880 bits per heavy atom. The zero-order chi connectivity index (χ0) is 18.8. The van der Waals surface area contributed by atoms with E-state index >= 15 is 0 Å². The van der Waals surface area contributed by atoms with Crippen molar-refractivity contribution in [3.63, 3.8) is 0 Å². The first-order valence-corrected chi connectivity index (χ1v) is 9.06. The molecular formula is C20H30O5. The zero-order valence-electron chi connectivity index (χ0n) is 16.0. The fraction of sp³-hybridized carbons (Fsp3) is 0.600. The van der Waals surface area contributed by atoms with E-state index in [0.29, 0.717) is 12.4 Å². The van der Waals surface area contributed by atoms with Crippen molar-refractivity contribution in [3.05, 3.63) is 18.2 Å². The van der Waals surface area contributed by atoms with E-state index < -0.39 is 5.97 Å². The highest BCUT2D eigenvalue weighted by Gasteiger charge is 2.21. The van der Waals surface area contributed by atoms with Crippen molar-refractivity contribution in [2.24, 2.45) is 11.8 Å². The van der Waals surface area contributed by atoms with E-state index in [1.165, 1.54) is 0 Å². The Hall–Kier alpha value is -2.04. The number of esters is 2. The molecule has 25 heavy (non-hydrogen) atoms. The molecule has 140 valence electrons. The number of hydrogen-bond donors (Lipinski definition) is 0. The number of ether oxygens (including phenoxy) is 3. The Morgan fingerprint density at radius 3 is 2.08 bits per heavy atom. The third kappa shape index (κ3) is 7.16. The van der Waals surface area contributed by atoms with Crippen LogP contribution in [0.3, 0.4) is 0 Å². The minimum Gasteiger partial charge on any atom is -0.490 e. The molecule has 0 saturated heterocycles. The van der Waals surface area contributed by atoms with Gasteiger partial charge in [0, 0.05) is 0 Å². The van der Waals surface area contributed by atoms with Crippen LogP contribution in [0.1, 0.15) is 60.3 Å². The largest absolute Gasteiger partial charge is 0.490 e. The van der Waals surface area contributed by atoms with Crippen LogP contribution in [-0.4, -0.2) is 18.5 Å². The molecule has 1 aromatic carbocycles. The molecule has 0 saturated carbocycles. The molecule has 0 aromatic heterocycles. The van der Waals surface area contributed by atoms with Gasteiger partial charge < -0.3 is 14.2 Å². The first-order chi connectivity index (χ1) is 11.9. The van der Waals surface area contributed by atoms with Crippen molar-refractivity contribution in [2.45, 2.75) is 60.3 Å². The molecule has 0 spiro atoms. The van der Waals surface area contributed by atoms with E-state index in [1.54, 1.807) is 45.9 Å². The van der Waals surface area contributed by atoms with Crippen molar-refractivity contribution >= 4 is 11.9 Å². The van der Waals surface area contributed by atoms with Crippen molar-refractivity contribution in [1.82, 2.24) is 0 Å². The predicted molar refractivity (Wildman–Crippen MR) is 97.0 cm³/mol. The molecule has 5 nitrogen and oxygen atoms in total. The van der Waals surface area contributed by atoms with Gasteiger partial charge in [-0.3, -0.25) is 9.59 Å². The van der Waals surface area contributed by atoms with Crippen LogP contribution in [-0.2, 0) is 9.59 Å².